The van der Waals surface area contributed by atoms with Gasteiger partial charge in [-0.1, -0.05) is 26.7 Å². The highest BCUT2D eigenvalue weighted by Crippen LogP contribution is 2.40. The van der Waals surface area contributed by atoms with Crippen molar-refractivity contribution in [2.75, 3.05) is 20.1 Å². The molecule has 2 fully saturated rings. The fraction of sp³-hybridized carbons (Fsp3) is 1.00. The van der Waals surface area contributed by atoms with Crippen molar-refractivity contribution in [3.05, 3.63) is 0 Å². The van der Waals surface area contributed by atoms with Gasteiger partial charge in [-0.25, -0.2) is 0 Å². The average Bonchev–Trinajstić information content (AvgIpc) is 2.60. The molecule has 1 saturated heterocycles. The van der Waals surface area contributed by atoms with Crippen LogP contribution in [0.4, 0.5) is 0 Å². The second-order valence-corrected chi connectivity index (χ2v) is 6.23. The van der Waals surface area contributed by atoms with Crippen molar-refractivity contribution in [1.29, 1.82) is 0 Å². The van der Waals surface area contributed by atoms with Crippen LogP contribution in [0, 0.1) is 5.92 Å². The van der Waals surface area contributed by atoms with Gasteiger partial charge < -0.3 is 5.32 Å². The van der Waals surface area contributed by atoms with E-state index in [1.807, 2.05) is 0 Å². The zero-order valence-corrected chi connectivity index (χ0v) is 11.3. The first kappa shape index (κ1) is 12.4. The van der Waals surface area contributed by atoms with Gasteiger partial charge in [0.05, 0.1) is 0 Å². The largest absolute Gasteiger partial charge is 0.312 e. The molecule has 1 aliphatic heterocycles. The molecule has 94 valence electrons. The van der Waals surface area contributed by atoms with Crippen molar-refractivity contribution < 1.29 is 0 Å². The molecule has 0 bridgehead atoms. The Labute approximate surface area is 101 Å². The molecule has 2 aliphatic rings. The van der Waals surface area contributed by atoms with Crippen LogP contribution < -0.4 is 5.32 Å². The minimum atomic E-state index is 0.507. The maximum atomic E-state index is 3.84. The van der Waals surface area contributed by atoms with Crippen molar-refractivity contribution in [2.45, 2.75) is 64.0 Å². The van der Waals surface area contributed by atoms with Crippen LogP contribution in [0.1, 0.15) is 52.4 Å². The number of hydrogen-bond acceptors (Lipinski definition) is 2. The van der Waals surface area contributed by atoms with E-state index in [-0.39, 0.29) is 0 Å². The van der Waals surface area contributed by atoms with E-state index in [1.165, 1.54) is 51.6 Å². The molecule has 1 heterocycles. The van der Waals surface area contributed by atoms with Crippen LogP contribution in [0.15, 0.2) is 0 Å². The van der Waals surface area contributed by atoms with Crippen LogP contribution in [0.5, 0.6) is 0 Å². The summed E-state index contributed by atoms with van der Waals surface area (Å²) in [5.74, 6) is 0.769. The summed E-state index contributed by atoms with van der Waals surface area (Å²) in [4.78, 5) is 2.64. The van der Waals surface area contributed by atoms with Crippen molar-refractivity contribution in [1.82, 2.24) is 10.2 Å². The van der Waals surface area contributed by atoms with Gasteiger partial charge in [0.1, 0.15) is 0 Å². The fourth-order valence-electron chi connectivity index (χ4n) is 3.68. The van der Waals surface area contributed by atoms with Crippen molar-refractivity contribution >= 4 is 0 Å². The fourth-order valence-corrected chi connectivity index (χ4v) is 3.68. The van der Waals surface area contributed by atoms with E-state index in [0.29, 0.717) is 5.54 Å². The number of likely N-dealkylation sites (tertiary alicyclic amines) is 1. The Bertz CT molecular complexity index is 227. The smallest absolute Gasteiger partial charge is 0.0359 e. The lowest BCUT2D eigenvalue weighted by Crippen LogP contribution is -2.59. The predicted molar refractivity (Wildman–Crippen MR) is 69.7 cm³/mol. The Balaban J connectivity index is 2.01. The van der Waals surface area contributed by atoms with Crippen LogP contribution in [-0.2, 0) is 0 Å². The quantitative estimate of drug-likeness (QED) is 0.793. The molecule has 2 rings (SSSR count). The summed E-state index contributed by atoms with van der Waals surface area (Å²) in [5.41, 5.74) is 0.507. The summed E-state index contributed by atoms with van der Waals surface area (Å²) in [6.07, 6.45) is 8.47. The van der Waals surface area contributed by atoms with Crippen molar-refractivity contribution in [2.24, 2.45) is 5.92 Å². The van der Waals surface area contributed by atoms with E-state index in [1.54, 1.807) is 0 Å². The third-order valence-electron chi connectivity index (χ3n) is 4.64. The highest BCUT2D eigenvalue weighted by atomic mass is 15.2. The monoisotopic (exact) mass is 224 g/mol. The molecule has 0 aromatic rings. The van der Waals surface area contributed by atoms with E-state index >= 15 is 0 Å². The highest BCUT2D eigenvalue weighted by Gasteiger charge is 2.45. The van der Waals surface area contributed by atoms with Crippen LogP contribution in [0.25, 0.3) is 0 Å². The molecular weight excluding hydrogens is 196 g/mol. The van der Waals surface area contributed by atoms with E-state index in [4.69, 9.17) is 0 Å². The highest BCUT2D eigenvalue weighted by molar-refractivity contribution is 5.05. The number of likely N-dealkylation sites (N-methyl/N-ethyl adjacent to an activating group) is 1. The zero-order chi connectivity index (χ0) is 11.6. The number of nitrogens with zero attached hydrogens (tertiary/aromatic N) is 1. The molecule has 2 atom stereocenters. The standard InChI is InChI=1S/C14H28N2/c1-12(2)11-15-13-7-4-5-8-14(13)9-6-10-16(14)3/h12-13,15H,4-11H2,1-3H3/t13-,14+/m0/s1. The van der Waals surface area contributed by atoms with Gasteiger partial charge in [0.2, 0.25) is 0 Å². The first-order chi connectivity index (χ1) is 7.65. The Morgan fingerprint density at radius 3 is 2.62 bits per heavy atom. The molecule has 1 N–H and O–H groups in total. The van der Waals surface area contributed by atoms with Crippen molar-refractivity contribution in [3.8, 4) is 0 Å². The van der Waals surface area contributed by atoms with Crippen LogP contribution >= 0.6 is 0 Å². The van der Waals surface area contributed by atoms with Crippen LogP contribution in [0.2, 0.25) is 0 Å². The second-order valence-electron chi connectivity index (χ2n) is 6.23. The minimum Gasteiger partial charge on any atom is -0.312 e. The predicted octanol–water partition coefficient (Wildman–Crippen LogP) is 2.64. The third kappa shape index (κ3) is 2.28. The molecule has 16 heavy (non-hydrogen) atoms. The molecule has 2 nitrogen and oxygen atoms in total. The third-order valence-corrected chi connectivity index (χ3v) is 4.64. The molecule has 1 spiro atoms. The normalized spacial score (nSPS) is 36.4. The molecule has 0 aromatic carbocycles. The molecule has 0 unspecified atom stereocenters. The topological polar surface area (TPSA) is 15.3 Å². The summed E-state index contributed by atoms with van der Waals surface area (Å²) in [6.45, 7) is 7.10. The maximum Gasteiger partial charge on any atom is 0.0359 e. The van der Waals surface area contributed by atoms with E-state index < -0.39 is 0 Å². The molecule has 1 aliphatic carbocycles. The van der Waals surface area contributed by atoms with E-state index in [9.17, 15) is 0 Å². The second kappa shape index (κ2) is 5.05. The van der Waals surface area contributed by atoms with Crippen LogP contribution in [0.3, 0.4) is 0 Å². The Morgan fingerprint density at radius 1 is 1.25 bits per heavy atom. The zero-order valence-electron chi connectivity index (χ0n) is 11.3. The SMILES string of the molecule is CC(C)CN[C@H]1CCCC[C@@]12CCCN2C. The maximum absolute atomic E-state index is 3.84. The van der Waals surface area contributed by atoms with E-state index in [0.717, 1.165) is 12.0 Å². The average molecular weight is 224 g/mol. The van der Waals surface area contributed by atoms with Gasteiger partial charge in [0, 0.05) is 11.6 Å². The van der Waals surface area contributed by atoms with Gasteiger partial charge in [-0.3, -0.25) is 4.90 Å². The molecule has 2 heteroatoms. The summed E-state index contributed by atoms with van der Waals surface area (Å²) in [5, 5.41) is 3.84. The Kier molecular flexibility index (Phi) is 3.91. The summed E-state index contributed by atoms with van der Waals surface area (Å²) in [7, 11) is 2.34. The van der Waals surface area contributed by atoms with Gasteiger partial charge in [0.25, 0.3) is 0 Å². The van der Waals surface area contributed by atoms with Gasteiger partial charge in [0.15, 0.2) is 0 Å². The lowest BCUT2D eigenvalue weighted by atomic mass is 9.75. The van der Waals surface area contributed by atoms with Gasteiger partial charge in [-0.15, -0.1) is 0 Å². The summed E-state index contributed by atoms with van der Waals surface area (Å²) in [6, 6.07) is 0.746. The van der Waals surface area contributed by atoms with Crippen molar-refractivity contribution in [3.63, 3.8) is 0 Å². The number of nitrogens with one attached hydrogen (secondary N) is 1. The van der Waals surface area contributed by atoms with Gasteiger partial charge in [-0.2, -0.15) is 0 Å². The molecular formula is C14H28N2. The Morgan fingerprint density at radius 2 is 2.00 bits per heavy atom. The summed E-state index contributed by atoms with van der Waals surface area (Å²) >= 11 is 0. The molecule has 0 radical (unpaired) electrons. The van der Waals surface area contributed by atoms with Gasteiger partial charge in [-0.05, 0) is 51.7 Å². The number of hydrogen-bond donors (Lipinski definition) is 1. The lowest BCUT2D eigenvalue weighted by molar-refractivity contribution is 0.0759. The molecule has 0 amide bonds. The summed E-state index contributed by atoms with van der Waals surface area (Å²) < 4.78 is 0. The van der Waals surface area contributed by atoms with Gasteiger partial charge >= 0.3 is 0 Å². The van der Waals surface area contributed by atoms with E-state index in [2.05, 4.69) is 31.1 Å². The lowest BCUT2D eigenvalue weighted by Gasteiger charge is -2.47. The first-order valence-corrected chi connectivity index (χ1v) is 7.10. The first-order valence-electron chi connectivity index (χ1n) is 7.10. The molecule has 0 aromatic heterocycles. The number of rotatable bonds is 3. The minimum absolute atomic E-state index is 0.507. The molecule has 1 saturated carbocycles. The van der Waals surface area contributed by atoms with Crippen LogP contribution in [-0.4, -0.2) is 36.6 Å². The Hall–Kier alpha value is -0.0800.